The number of benzene rings is 1. The first-order chi connectivity index (χ1) is 12.8. The molecule has 5 nitrogen and oxygen atoms in total. The maximum Gasteiger partial charge on any atom is 0.143 e. The molecule has 0 aliphatic rings. The van der Waals surface area contributed by atoms with Crippen molar-refractivity contribution in [3.8, 4) is 17.6 Å². The van der Waals surface area contributed by atoms with Crippen LogP contribution in [0.15, 0.2) is 30.6 Å². The molecule has 7 heteroatoms. The predicted molar refractivity (Wildman–Crippen MR) is 106 cm³/mol. The van der Waals surface area contributed by atoms with Gasteiger partial charge in [-0.05, 0) is 43.5 Å². The van der Waals surface area contributed by atoms with Crippen LogP contribution in [0.25, 0.3) is 10.8 Å². The lowest BCUT2D eigenvalue weighted by atomic mass is 10.0. The number of rotatable bonds is 3. The first-order valence-electron chi connectivity index (χ1n) is 8.15. The molecular weight excluding hydrogens is 385 g/mol. The van der Waals surface area contributed by atoms with Gasteiger partial charge in [0.2, 0.25) is 0 Å². The number of halogens is 2. The average Bonchev–Trinajstić information content (AvgIpc) is 2.62. The van der Waals surface area contributed by atoms with Crippen LogP contribution >= 0.6 is 23.2 Å². The fourth-order valence-electron chi connectivity index (χ4n) is 2.53. The molecule has 0 saturated carbocycles. The van der Waals surface area contributed by atoms with Crippen molar-refractivity contribution >= 4 is 34.0 Å². The van der Waals surface area contributed by atoms with E-state index in [1.54, 1.807) is 33.4 Å². The van der Waals surface area contributed by atoms with Crippen LogP contribution in [-0.4, -0.2) is 33.0 Å². The van der Waals surface area contributed by atoms with Gasteiger partial charge in [-0.15, -0.1) is 5.10 Å². The van der Waals surface area contributed by atoms with E-state index in [1.165, 1.54) is 0 Å². The van der Waals surface area contributed by atoms with Crippen molar-refractivity contribution in [2.75, 3.05) is 7.11 Å². The lowest BCUT2D eigenvalue weighted by molar-refractivity contribution is 0.143. The molecule has 0 aliphatic carbocycles. The predicted octanol–water partition coefficient (Wildman–Crippen LogP) is 4.05. The smallest absolute Gasteiger partial charge is 0.143 e. The zero-order valence-corrected chi connectivity index (χ0v) is 16.6. The normalized spacial score (nSPS) is 11.2. The van der Waals surface area contributed by atoms with Crippen LogP contribution in [-0.2, 0) is 6.42 Å². The Bertz CT molecular complexity index is 1050. The molecule has 0 fully saturated rings. The molecule has 0 bridgehead atoms. The van der Waals surface area contributed by atoms with E-state index >= 15 is 0 Å². The molecule has 0 aliphatic heterocycles. The van der Waals surface area contributed by atoms with E-state index in [4.69, 9.17) is 27.9 Å². The number of pyridine rings is 1. The monoisotopic (exact) mass is 401 g/mol. The highest BCUT2D eigenvalue weighted by Crippen LogP contribution is 2.30. The number of ether oxygens (including phenoxy) is 1. The molecule has 1 N–H and O–H groups in total. The zero-order chi connectivity index (χ0) is 19.6. The fourth-order valence-corrected chi connectivity index (χ4v) is 3.02. The van der Waals surface area contributed by atoms with Crippen molar-refractivity contribution in [2.24, 2.45) is 0 Å². The second kappa shape index (κ2) is 7.69. The van der Waals surface area contributed by atoms with Crippen LogP contribution in [0, 0.1) is 11.8 Å². The van der Waals surface area contributed by atoms with Crippen molar-refractivity contribution < 1.29 is 9.84 Å². The second-order valence-electron chi connectivity index (χ2n) is 6.47. The molecule has 0 radical (unpaired) electrons. The third-order valence-electron chi connectivity index (χ3n) is 3.85. The average molecular weight is 402 g/mol. The van der Waals surface area contributed by atoms with E-state index in [2.05, 4.69) is 27.0 Å². The van der Waals surface area contributed by atoms with Crippen LogP contribution in [0.3, 0.4) is 0 Å². The van der Waals surface area contributed by atoms with E-state index in [0.29, 0.717) is 33.6 Å². The summed E-state index contributed by atoms with van der Waals surface area (Å²) in [6.07, 6.45) is 3.49. The summed E-state index contributed by atoms with van der Waals surface area (Å²) >= 11 is 12.5. The standard InChI is InChI=1S/C20H17Cl2N3O2/c1-20(2,26)7-6-18-14-8-12(27-3)4-5-13(14)19(25-24-18)9-15-16(21)10-23-11-17(15)22/h4-5,8,10-11,26H,9H2,1-3H3. The Morgan fingerprint density at radius 2 is 1.81 bits per heavy atom. The Labute approximate surface area is 167 Å². The van der Waals surface area contributed by atoms with Gasteiger partial charge < -0.3 is 9.84 Å². The Hall–Kier alpha value is -2.39. The molecule has 27 heavy (non-hydrogen) atoms. The van der Waals surface area contributed by atoms with Gasteiger partial charge in [-0.2, -0.15) is 5.10 Å². The Balaban J connectivity index is 2.17. The maximum absolute atomic E-state index is 9.88. The van der Waals surface area contributed by atoms with E-state index in [0.717, 1.165) is 16.3 Å². The summed E-state index contributed by atoms with van der Waals surface area (Å²) in [5.41, 5.74) is 0.761. The number of aliphatic hydroxyl groups is 1. The van der Waals surface area contributed by atoms with Gasteiger partial charge in [-0.1, -0.05) is 29.1 Å². The first-order valence-corrected chi connectivity index (χ1v) is 8.91. The molecular formula is C20H17Cl2N3O2. The lowest BCUT2D eigenvalue weighted by Gasteiger charge is -2.11. The third-order valence-corrected chi connectivity index (χ3v) is 4.50. The van der Waals surface area contributed by atoms with Crippen LogP contribution in [0.2, 0.25) is 10.0 Å². The summed E-state index contributed by atoms with van der Waals surface area (Å²) in [5, 5.41) is 21.0. The molecule has 2 aromatic heterocycles. The fraction of sp³-hybridized carbons (Fsp3) is 0.250. The number of hydrogen-bond acceptors (Lipinski definition) is 5. The van der Waals surface area contributed by atoms with Crippen LogP contribution in [0.4, 0.5) is 0 Å². The summed E-state index contributed by atoms with van der Waals surface area (Å²) in [6, 6.07) is 5.59. The van der Waals surface area contributed by atoms with E-state index in [1.807, 2.05) is 18.2 Å². The summed E-state index contributed by atoms with van der Waals surface area (Å²) in [5.74, 6) is 6.34. The van der Waals surface area contributed by atoms with Crippen LogP contribution < -0.4 is 4.74 Å². The van der Waals surface area contributed by atoms with Crippen molar-refractivity contribution in [1.29, 1.82) is 0 Å². The second-order valence-corrected chi connectivity index (χ2v) is 7.29. The van der Waals surface area contributed by atoms with Gasteiger partial charge in [-0.3, -0.25) is 4.98 Å². The minimum atomic E-state index is -1.14. The van der Waals surface area contributed by atoms with Crippen LogP contribution in [0.5, 0.6) is 5.75 Å². The van der Waals surface area contributed by atoms with E-state index < -0.39 is 5.60 Å². The highest BCUT2D eigenvalue weighted by atomic mass is 35.5. The number of nitrogens with zero attached hydrogens (tertiary/aromatic N) is 3. The maximum atomic E-state index is 9.88. The summed E-state index contributed by atoms with van der Waals surface area (Å²) in [7, 11) is 1.59. The lowest BCUT2D eigenvalue weighted by Crippen LogP contribution is -2.14. The summed E-state index contributed by atoms with van der Waals surface area (Å²) in [4.78, 5) is 3.97. The van der Waals surface area contributed by atoms with Crippen LogP contribution in [0.1, 0.15) is 30.8 Å². The van der Waals surface area contributed by atoms with Gasteiger partial charge >= 0.3 is 0 Å². The Morgan fingerprint density at radius 1 is 1.11 bits per heavy atom. The Morgan fingerprint density at radius 3 is 2.44 bits per heavy atom. The van der Waals surface area contributed by atoms with Gasteiger partial charge in [0.15, 0.2) is 0 Å². The topological polar surface area (TPSA) is 68.1 Å². The highest BCUT2D eigenvalue weighted by Gasteiger charge is 2.14. The largest absolute Gasteiger partial charge is 0.497 e. The van der Waals surface area contributed by atoms with Gasteiger partial charge in [0.05, 0.1) is 22.8 Å². The first kappa shape index (κ1) is 19.4. The molecule has 0 amide bonds. The van der Waals surface area contributed by atoms with E-state index in [-0.39, 0.29) is 0 Å². The molecule has 0 atom stereocenters. The molecule has 2 heterocycles. The van der Waals surface area contributed by atoms with Crippen molar-refractivity contribution in [2.45, 2.75) is 25.9 Å². The molecule has 0 unspecified atom stereocenters. The zero-order valence-electron chi connectivity index (χ0n) is 15.0. The molecule has 3 aromatic rings. The highest BCUT2D eigenvalue weighted by molar-refractivity contribution is 6.35. The van der Waals surface area contributed by atoms with Gasteiger partial charge in [-0.25, -0.2) is 0 Å². The molecule has 0 spiro atoms. The van der Waals surface area contributed by atoms with Crippen molar-refractivity contribution in [1.82, 2.24) is 15.2 Å². The number of hydrogen-bond donors (Lipinski definition) is 1. The quantitative estimate of drug-likeness (QED) is 0.670. The van der Waals surface area contributed by atoms with E-state index in [9.17, 15) is 5.11 Å². The summed E-state index contributed by atoms with van der Waals surface area (Å²) < 4.78 is 5.32. The summed E-state index contributed by atoms with van der Waals surface area (Å²) in [6.45, 7) is 3.22. The molecule has 0 saturated heterocycles. The van der Waals surface area contributed by atoms with Gasteiger partial charge in [0, 0.05) is 29.6 Å². The van der Waals surface area contributed by atoms with Crippen molar-refractivity contribution in [3.63, 3.8) is 0 Å². The SMILES string of the molecule is COc1ccc2c(Cc3c(Cl)cncc3Cl)nnc(C#CC(C)(C)O)c2c1. The molecule has 1 aromatic carbocycles. The number of aromatic nitrogens is 3. The van der Waals surface area contributed by atoms with Gasteiger partial charge in [0.1, 0.15) is 17.0 Å². The minimum Gasteiger partial charge on any atom is -0.497 e. The third kappa shape index (κ3) is 4.48. The number of methoxy groups -OCH3 is 1. The molecule has 3 rings (SSSR count). The minimum absolute atomic E-state index is 0.398. The van der Waals surface area contributed by atoms with Crippen molar-refractivity contribution in [3.05, 3.63) is 57.6 Å². The van der Waals surface area contributed by atoms with Gasteiger partial charge in [0.25, 0.3) is 0 Å². The number of fused-ring (bicyclic) bond motifs is 1. The Kier molecular flexibility index (Phi) is 5.52. The molecule has 138 valence electrons.